The molecule has 1 saturated heterocycles. The molecule has 190 valence electrons. The summed E-state index contributed by atoms with van der Waals surface area (Å²) in [5.74, 6) is 1.16. The highest BCUT2D eigenvalue weighted by atomic mass is 19.4. The van der Waals surface area contributed by atoms with Crippen molar-refractivity contribution in [2.24, 2.45) is 5.92 Å². The molecule has 0 radical (unpaired) electrons. The number of fused-ring (bicyclic) bond motifs is 2. The molecule has 12 heteroatoms. The quantitative estimate of drug-likeness (QED) is 0.469. The fourth-order valence-corrected chi connectivity index (χ4v) is 4.66. The Morgan fingerprint density at radius 2 is 1.97 bits per heavy atom. The number of alkyl halides is 3. The average molecular weight is 502 g/mol. The summed E-state index contributed by atoms with van der Waals surface area (Å²) in [5, 5.41) is 6.10. The predicted octanol–water partition coefficient (Wildman–Crippen LogP) is 3.95. The van der Waals surface area contributed by atoms with E-state index in [4.69, 9.17) is 9.47 Å². The summed E-state index contributed by atoms with van der Waals surface area (Å²) in [7, 11) is 0. The van der Waals surface area contributed by atoms with Crippen LogP contribution in [0.4, 0.5) is 30.6 Å². The van der Waals surface area contributed by atoms with Crippen molar-refractivity contribution in [2.45, 2.75) is 25.4 Å². The number of halogens is 3. The van der Waals surface area contributed by atoms with E-state index in [9.17, 15) is 18.0 Å². The van der Waals surface area contributed by atoms with E-state index in [2.05, 4.69) is 25.6 Å². The molecule has 4 heterocycles. The van der Waals surface area contributed by atoms with E-state index in [0.29, 0.717) is 68.8 Å². The van der Waals surface area contributed by atoms with Crippen LogP contribution in [0.2, 0.25) is 0 Å². The molecule has 3 aliphatic rings. The van der Waals surface area contributed by atoms with E-state index in [0.717, 1.165) is 24.6 Å². The van der Waals surface area contributed by atoms with Gasteiger partial charge in [-0.3, -0.25) is 4.79 Å². The van der Waals surface area contributed by atoms with E-state index < -0.39 is 11.7 Å². The van der Waals surface area contributed by atoms with E-state index in [1.54, 1.807) is 17.0 Å². The monoisotopic (exact) mass is 502 g/mol. The maximum absolute atomic E-state index is 13.6. The van der Waals surface area contributed by atoms with Gasteiger partial charge in [-0.2, -0.15) is 23.1 Å². The Morgan fingerprint density at radius 3 is 2.72 bits per heavy atom. The topological polar surface area (TPSA) is 104 Å². The number of hydrogen-bond acceptors (Lipinski definition) is 7. The minimum Gasteiger partial charge on any atom is -0.491 e. The molecule has 2 aromatic heterocycles. The molecule has 2 fully saturated rings. The zero-order chi connectivity index (χ0) is 24.9. The van der Waals surface area contributed by atoms with Crippen LogP contribution in [0.1, 0.15) is 34.3 Å². The molecule has 0 spiro atoms. The van der Waals surface area contributed by atoms with Gasteiger partial charge in [0, 0.05) is 43.4 Å². The van der Waals surface area contributed by atoms with Gasteiger partial charge in [0.05, 0.1) is 36.5 Å². The zero-order valence-electron chi connectivity index (χ0n) is 19.4. The fourth-order valence-electron chi connectivity index (χ4n) is 4.66. The molecule has 3 N–H and O–H groups in total. The summed E-state index contributed by atoms with van der Waals surface area (Å²) in [6.07, 6.45) is -0.951. The number of hydrogen-bond donors (Lipinski definition) is 3. The van der Waals surface area contributed by atoms with Crippen LogP contribution in [-0.2, 0) is 17.3 Å². The average Bonchev–Trinajstić information content (AvgIpc) is 3.36. The molecular formula is C24H25F3N6O3. The number of morpholine rings is 1. The number of nitrogens with one attached hydrogen (secondary N) is 3. The van der Waals surface area contributed by atoms with E-state index >= 15 is 0 Å². The number of benzene rings is 1. The van der Waals surface area contributed by atoms with Crippen molar-refractivity contribution in [1.29, 1.82) is 0 Å². The van der Waals surface area contributed by atoms with Gasteiger partial charge in [0.2, 0.25) is 5.95 Å². The van der Waals surface area contributed by atoms with Crippen molar-refractivity contribution >= 4 is 34.4 Å². The number of anilines is 3. The molecule has 1 amide bonds. The Hall–Kier alpha value is -3.54. The number of ether oxygens (including phenoxy) is 2. The van der Waals surface area contributed by atoms with Crippen molar-refractivity contribution < 1.29 is 27.4 Å². The summed E-state index contributed by atoms with van der Waals surface area (Å²) in [4.78, 5) is 26.2. The lowest BCUT2D eigenvalue weighted by Gasteiger charge is -2.27. The third-order valence-electron chi connectivity index (χ3n) is 6.73. The van der Waals surface area contributed by atoms with Crippen LogP contribution in [0.3, 0.4) is 0 Å². The first-order valence-electron chi connectivity index (χ1n) is 12.0. The summed E-state index contributed by atoms with van der Waals surface area (Å²) < 4.78 is 52.0. The van der Waals surface area contributed by atoms with Gasteiger partial charge in [0.1, 0.15) is 17.2 Å². The Morgan fingerprint density at radius 1 is 1.17 bits per heavy atom. The van der Waals surface area contributed by atoms with Crippen molar-refractivity contribution in [3.8, 4) is 5.75 Å². The maximum Gasteiger partial charge on any atom is 0.418 e. The standard InChI is InChI=1S/C24H25F3N6O3/c25-24(26,27)16-12-29-21-18(16)20(28-11-13-1-2-13)31-23(32-21)30-17-4-3-15(14-5-8-36-19(14)17)22(34)33-6-9-35-10-7-33/h3-4,12-13H,1-2,5-11H2,(H3,28,29,30,31,32). The number of carbonyl (C=O) groups is 1. The van der Waals surface area contributed by atoms with Crippen molar-refractivity contribution in [2.75, 3.05) is 50.1 Å². The van der Waals surface area contributed by atoms with Gasteiger partial charge < -0.3 is 30.0 Å². The van der Waals surface area contributed by atoms with Crippen LogP contribution in [0.15, 0.2) is 18.3 Å². The second kappa shape index (κ2) is 8.84. The van der Waals surface area contributed by atoms with Crippen LogP contribution in [0, 0.1) is 5.92 Å². The zero-order valence-corrected chi connectivity index (χ0v) is 19.4. The molecule has 0 atom stereocenters. The molecule has 0 unspecified atom stereocenters. The maximum atomic E-state index is 13.6. The lowest BCUT2D eigenvalue weighted by Crippen LogP contribution is -2.41. The minimum absolute atomic E-state index is 0.0677. The molecule has 1 aliphatic carbocycles. The van der Waals surface area contributed by atoms with Gasteiger partial charge in [-0.15, -0.1) is 0 Å². The van der Waals surface area contributed by atoms with Crippen molar-refractivity contribution in [3.63, 3.8) is 0 Å². The molecule has 1 saturated carbocycles. The number of aromatic nitrogens is 3. The first kappa shape index (κ1) is 22.9. The number of nitrogens with zero attached hydrogens (tertiary/aromatic N) is 3. The SMILES string of the molecule is O=C(c1ccc(Nc2nc(NCC3CC3)c3c(C(F)(F)F)c[nH]c3n2)c2c1CCO2)N1CCOCC1. The Kier molecular flexibility index (Phi) is 5.62. The molecule has 2 aliphatic heterocycles. The van der Waals surface area contributed by atoms with Crippen LogP contribution in [0.5, 0.6) is 5.75 Å². The number of carbonyl (C=O) groups excluding carboxylic acids is 1. The number of rotatable bonds is 6. The molecule has 0 bridgehead atoms. The Labute approximate surface area is 204 Å². The Balaban J connectivity index is 1.33. The molecule has 6 rings (SSSR count). The molecule has 1 aromatic carbocycles. The summed E-state index contributed by atoms with van der Waals surface area (Å²) in [6, 6.07) is 3.47. The van der Waals surface area contributed by atoms with Gasteiger partial charge in [-0.05, 0) is 30.9 Å². The van der Waals surface area contributed by atoms with Crippen molar-refractivity contribution in [3.05, 3.63) is 35.0 Å². The molecule has 36 heavy (non-hydrogen) atoms. The first-order valence-corrected chi connectivity index (χ1v) is 12.0. The van der Waals surface area contributed by atoms with Crippen LogP contribution in [-0.4, -0.2) is 65.2 Å². The van der Waals surface area contributed by atoms with Gasteiger partial charge >= 0.3 is 6.18 Å². The highest BCUT2D eigenvalue weighted by Crippen LogP contribution is 2.41. The van der Waals surface area contributed by atoms with Crippen LogP contribution < -0.4 is 15.4 Å². The molecule has 3 aromatic rings. The van der Waals surface area contributed by atoms with Gasteiger partial charge in [-0.1, -0.05) is 0 Å². The van der Waals surface area contributed by atoms with E-state index in [1.807, 2.05) is 0 Å². The summed E-state index contributed by atoms with van der Waals surface area (Å²) in [6.45, 7) is 3.07. The van der Waals surface area contributed by atoms with E-state index in [-0.39, 0.29) is 28.7 Å². The minimum atomic E-state index is -4.54. The van der Waals surface area contributed by atoms with Gasteiger partial charge in [0.15, 0.2) is 0 Å². The highest BCUT2D eigenvalue weighted by molar-refractivity contribution is 5.98. The number of aromatic amines is 1. The normalized spacial score (nSPS) is 17.7. The number of amides is 1. The second-order valence-corrected chi connectivity index (χ2v) is 9.24. The van der Waals surface area contributed by atoms with Gasteiger partial charge in [0.25, 0.3) is 5.91 Å². The third kappa shape index (κ3) is 4.29. The van der Waals surface area contributed by atoms with E-state index in [1.165, 1.54) is 0 Å². The molecular weight excluding hydrogens is 477 g/mol. The first-order chi connectivity index (χ1) is 17.4. The van der Waals surface area contributed by atoms with Gasteiger partial charge in [-0.25, -0.2) is 0 Å². The summed E-state index contributed by atoms with van der Waals surface area (Å²) >= 11 is 0. The lowest BCUT2D eigenvalue weighted by atomic mass is 10.0. The predicted molar refractivity (Wildman–Crippen MR) is 126 cm³/mol. The largest absolute Gasteiger partial charge is 0.491 e. The highest BCUT2D eigenvalue weighted by Gasteiger charge is 2.36. The Bertz CT molecular complexity index is 1310. The fraction of sp³-hybridized carbons (Fsp3) is 0.458. The second-order valence-electron chi connectivity index (χ2n) is 9.24. The smallest absolute Gasteiger partial charge is 0.418 e. The lowest BCUT2D eigenvalue weighted by molar-refractivity contribution is -0.136. The van der Waals surface area contributed by atoms with Crippen molar-refractivity contribution in [1.82, 2.24) is 19.9 Å². The molecule has 9 nitrogen and oxygen atoms in total. The third-order valence-corrected chi connectivity index (χ3v) is 6.73. The number of H-pyrrole nitrogens is 1. The summed E-state index contributed by atoms with van der Waals surface area (Å²) in [5.41, 5.74) is 1.20. The van der Waals surface area contributed by atoms with Crippen LogP contribution in [0.25, 0.3) is 11.0 Å². The van der Waals surface area contributed by atoms with Crippen LogP contribution >= 0.6 is 0 Å².